The number of sulfonamides is 1. The van der Waals surface area contributed by atoms with Gasteiger partial charge in [0.2, 0.25) is 0 Å². The van der Waals surface area contributed by atoms with Crippen molar-refractivity contribution in [3.05, 3.63) is 92.4 Å². The Morgan fingerprint density at radius 1 is 0.970 bits per heavy atom. The van der Waals surface area contributed by atoms with Gasteiger partial charge in [0.15, 0.2) is 4.90 Å². The van der Waals surface area contributed by atoms with Crippen molar-refractivity contribution >= 4 is 56.4 Å². The Bertz CT molecular complexity index is 1300. The molecule has 3 rings (SSSR count). The highest BCUT2D eigenvalue weighted by Crippen LogP contribution is 2.29. The van der Waals surface area contributed by atoms with E-state index in [4.69, 9.17) is 34.8 Å². The Morgan fingerprint density at radius 2 is 1.58 bits per heavy atom. The van der Waals surface area contributed by atoms with Gasteiger partial charge in [-0.15, -0.1) is 0 Å². The molecule has 0 aliphatic heterocycles. The molecule has 33 heavy (non-hydrogen) atoms. The quantitative estimate of drug-likeness (QED) is 0.376. The first-order valence-corrected chi connectivity index (χ1v) is 12.1. The molecule has 3 aromatic carbocycles. The van der Waals surface area contributed by atoms with Crippen LogP contribution in [-0.2, 0) is 10.0 Å². The Kier molecular flexibility index (Phi) is 7.84. The summed E-state index contributed by atoms with van der Waals surface area (Å²) in [4.78, 5) is 11.7. The molecule has 0 radical (unpaired) electrons. The van der Waals surface area contributed by atoms with Crippen LogP contribution in [0.5, 0.6) is 0 Å². The van der Waals surface area contributed by atoms with Crippen molar-refractivity contribution in [2.24, 2.45) is 0 Å². The second-order valence-electron chi connectivity index (χ2n) is 7.12. The third kappa shape index (κ3) is 5.95. The van der Waals surface area contributed by atoms with E-state index in [1.807, 2.05) is 6.92 Å². The van der Waals surface area contributed by atoms with E-state index in [1.165, 1.54) is 18.2 Å². The predicted molar refractivity (Wildman–Crippen MR) is 126 cm³/mol. The molecule has 0 spiro atoms. The lowest BCUT2D eigenvalue weighted by Gasteiger charge is -2.17. The molecule has 3 aromatic rings. The molecule has 0 aliphatic carbocycles. The summed E-state index contributed by atoms with van der Waals surface area (Å²) < 4.78 is 55.4. The van der Waals surface area contributed by atoms with E-state index in [9.17, 15) is 22.0 Å². The van der Waals surface area contributed by atoms with Gasteiger partial charge in [-0.05, 0) is 53.9 Å². The molecule has 0 fully saturated rings. The van der Waals surface area contributed by atoms with Gasteiger partial charge in [-0.3, -0.25) is 9.52 Å². The molecule has 0 heterocycles. The standard InChI is InChI=1S/C22H17Cl3F2N2O3S/c1-12(15-7-5-13(23)9-17(15)25)11-28-22(30)16-8-6-14(24)10-20(16)29-33(31,32)21-18(26)3-2-4-19(21)27/h2-10,12,29H,11H2,1H3,(H,28,30). The smallest absolute Gasteiger partial charge is 0.267 e. The maximum atomic E-state index is 14.0. The molecular formula is C22H17Cl3F2N2O3S. The third-order valence-corrected chi connectivity index (χ3v) is 6.93. The molecular weight excluding hydrogens is 517 g/mol. The van der Waals surface area contributed by atoms with Crippen molar-refractivity contribution in [1.29, 1.82) is 0 Å². The number of anilines is 1. The zero-order valence-corrected chi connectivity index (χ0v) is 20.1. The highest BCUT2D eigenvalue weighted by molar-refractivity contribution is 7.92. The second-order valence-corrected chi connectivity index (χ2v) is 10.0. The fourth-order valence-corrected chi connectivity index (χ4v) is 5.06. The van der Waals surface area contributed by atoms with Crippen LogP contribution in [0.4, 0.5) is 14.5 Å². The Balaban J connectivity index is 1.84. The summed E-state index contributed by atoms with van der Waals surface area (Å²) in [6.45, 7) is 2.00. The van der Waals surface area contributed by atoms with Crippen LogP contribution in [0.3, 0.4) is 0 Å². The van der Waals surface area contributed by atoms with Crippen molar-refractivity contribution in [2.75, 3.05) is 11.3 Å². The van der Waals surface area contributed by atoms with E-state index < -0.39 is 32.5 Å². The van der Waals surface area contributed by atoms with Crippen LogP contribution in [0.25, 0.3) is 0 Å². The summed E-state index contributed by atoms with van der Waals surface area (Å²) in [6, 6.07) is 11.5. The molecule has 5 nitrogen and oxygen atoms in total. The molecule has 0 aromatic heterocycles. The number of rotatable bonds is 7. The van der Waals surface area contributed by atoms with E-state index in [0.29, 0.717) is 10.0 Å². The van der Waals surface area contributed by atoms with Crippen molar-refractivity contribution < 1.29 is 22.0 Å². The predicted octanol–water partition coefficient (Wildman–Crippen LogP) is 6.26. The minimum absolute atomic E-state index is 0.0888. The number of carbonyl (C=O) groups excluding carboxylic acids is 1. The van der Waals surface area contributed by atoms with Crippen molar-refractivity contribution in [2.45, 2.75) is 17.7 Å². The average molecular weight is 534 g/mol. The van der Waals surface area contributed by atoms with Gasteiger partial charge in [0.05, 0.1) is 11.3 Å². The molecule has 1 atom stereocenters. The van der Waals surface area contributed by atoms with Gasteiger partial charge in [0.1, 0.15) is 11.6 Å². The van der Waals surface area contributed by atoms with E-state index >= 15 is 0 Å². The zero-order chi connectivity index (χ0) is 24.3. The minimum Gasteiger partial charge on any atom is -0.351 e. The van der Waals surface area contributed by atoms with Gasteiger partial charge in [0.25, 0.3) is 15.9 Å². The van der Waals surface area contributed by atoms with Crippen LogP contribution in [0.2, 0.25) is 15.1 Å². The Morgan fingerprint density at radius 3 is 2.21 bits per heavy atom. The second kappa shape index (κ2) is 10.3. The monoisotopic (exact) mass is 532 g/mol. The fourth-order valence-electron chi connectivity index (χ4n) is 3.09. The molecule has 1 amide bonds. The number of hydrogen-bond donors (Lipinski definition) is 2. The number of halogens is 5. The van der Waals surface area contributed by atoms with E-state index in [-0.39, 0.29) is 28.7 Å². The van der Waals surface area contributed by atoms with E-state index in [1.54, 1.807) is 18.2 Å². The fraction of sp³-hybridized carbons (Fsp3) is 0.136. The average Bonchev–Trinajstić information content (AvgIpc) is 2.71. The molecule has 11 heteroatoms. The van der Waals surface area contributed by atoms with Crippen molar-refractivity contribution in [3.63, 3.8) is 0 Å². The molecule has 174 valence electrons. The van der Waals surface area contributed by atoms with E-state index in [0.717, 1.165) is 23.8 Å². The molecule has 0 saturated heterocycles. The Hall–Kier alpha value is -2.39. The number of benzene rings is 3. The van der Waals surface area contributed by atoms with Gasteiger partial charge >= 0.3 is 0 Å². The highest BCUT2D eigenvalue weighted by Gasteiger charge is 2.26. The normalized spacial score (nSPS) is 12.3. The highest BCUT2D eigenvalue weighted by atomic mass is 35.5. The first-order chi connectivity index (χ1) is 15.5. The number of carbonyl (C=O) groups is 1. The van der Waals surface area contributed by atoms with Crippen LogP contribution < -0.4 is 10.0 Å². The van der Waals surface area contributed by atoms with Gasteiger partial charge in [0, 0.05) is 21.6 Å². The molecule has 1 unspecified atom stereocenters. The number of amides is 1. The van der Waals surface area contributed by atoms with Crippen molar-refractivity contribution in [1.82, 2.24) is 5.32 Å². The first kappa shape index (κ1) is 25.2. The van der Waals surface area contributed by atoms with Crippen LogP contribution in [0.1, 0.15) is 28.8 Å². The summed E-state index contributed by atoms with van der Waals surface area (Å²) in [5.41, 5.74) is 0.433. The molecule has 0 bridgehead atoms. The molecule has 2 N–H and O–H groups in total. The number of nitrogens with one attached hydrogen (secondary N) is 2. The Labute approximate surface area is 204 Å². The summed E-state index contributed by atoms with van der Waals surface area (Å²) in [7, 11) is -4.70. The molecule has 0 aliphatic rings. The van der Waals surface area contributed by atoms with Crippen LogP contribution in [0, 0.1) is 11.6 Å². The number of hydrogen-bond acceptors (Lipinski definition) is 3. The minimum atomic E-state index is -4.70. The zero-order valence-electron chi connectivity index (χ0n) is 17.0. The van der Waals surface area contributed by atoms with Gasteiger partial charge in [-0.25, -0.2) is 17.2 Å². The van der Waals surface area contributed by atoms with Gasteiger partial charge in [-0.1, -0.05) is 53.9 Å². The van der Waals surface area contributed by atoms with Gasteiger partial charge in [-0.2, -0.15) is 0 Å². The summed E-state index contributed by atoms with van der Waals surface area (Å²) >= 11 is 18.1. The lowest BCUT2D eigenvalue weighted by molar-refractivity contribution is 0.0952. The third-order valence-electron chi connectivity index (χ3n) is 4.72. The SMILES string of the molecule is CC(CNC(=O)c1ccc(Cl)cc1NS(=O)(=O)c1c(F)cccc1F)c1ccc(Cl)cc1Cl. The molecule has 0 saturated carbocycles. The maximum absolute atomic E-state index is 14.0. The van der Waals surface area contributed by atoms with Crippen LogP contribution in [0.15, 0.2) is 59.5 Å². The van der Waals surface area contributed by atoms with Crippen LogP contribution >= 0.6 is 34.8 Å². The topological polar surface area (TPSA) is 75.3 Å². The lowest BCUT2D eigenvalue weighted by Crippen LogP contribution is -2.29. The summed E-state index contributed by atoms with van der Waals surface area (Å²) in [6.07, 6.45) is 0. The maximum Gasteiger partial charge on any atom is 0.267 e. The van der Waals surface area contributed by atoms with Crippen LogP contribution in [-0.4, -0.2) is 20.9 Å². The van der Waals surface area contributed by atoms with Gasteiger partial charge < -0.3 is 5.32 Å². The lowest BCUT2D eigenvalue weighted by atomic mass is 10.0. The first-order valence-electron chi connectivity index (χ1n) is 9.49. The summed E-state index contributed by atoms with van der Waals surface area (Å²) in [5.74, 6) is -3.37. The largest absolute Gasteiger partial charge is 0.351 e. The van der Waals surface area contributed by atoms with Crippen molar-refractivity contribution in [3.8, 4) is 0 Å². The van der Waals surface area contributed by atoms with E-state index in [2.05, 4.69) is 10.0 Å². The summed E-state index contributed by atoms with van der Waals surface area (Å²) in [5, 5.41) is 3.72.